The second-order valence-electron chi connectivity index (χ2n) is 12.5. The highest BCUT2D eigenvalue weighted by Crippen LogP contribution is 2.41. The molecule has 0 spiro atoms. The van der Waals surface area contributed by atoms with E-state index in [1.54, 1.807) is 6.07 Å². The quantitative estimate of drug-likeness (QED) is 0.122. The third kappa shape index (κ3) is 6.73. The van der Waals surface area contributed by atoms with Crippen LogP contribution in [-0.2, 0) is 0 Å². The molecule has 8 aromatic rings. The summed E-state index contributed by atoms with van der Waals surface area (Å²) in [6.45, 7) is 0. The van der Waals surface area contributed by atoms with Gasteiger partial charge in [-0.25, -0.2) is 4.98 Å². The van der Waals surface area contributed by atoms with E-state index in [4.69, 9.17) is 4.98 Å². The van der Waals surface area contributed by atoms with Crippen LogP contribution in [-0.4, -0.2) is 14.7 Å². The first-order valence-corrected chi connectivity index (χ1v) is 17.4. The molecule has 0 saturated carbocycles. The Morgan fingerprint density at radius 3 is 1.64 bits per heavy atom. The van der Waals surface area contributed by atoms with E-state index in [1.165, 1.54) is 0 Å². The Hall–Kier alpha value is -7.42. The van der Waals surface area contributed by atoms with Crippen molar-refractivity contribution in [3.63, 3.8) is 0 Å². The van der Waals surface area contributed by atoms with Gasteiger partial charge in [0.1, 0.15) is 11.6 Å². The summed E-state index contributed by atoms with van der Waals surface area (Å²) in [6.07, 6.45) is 1.92. The molecule has 1 heterocycles. The summed E-state index contributed by atoms with van der Waals surface area (Å²) in [5, 5.41) is 21.4. The fourth-order valence-electron chi connectivity index (χ4n) is 6.63. The summed E-state index contributed by atoms with van der Waals surface area (Å²) < 4.78 is 2.09. The number of para-hydroxylation sites is 3. The van der Waals surface area contributed by atoms with E-state index in [2.05, 4.69) is 64.1 Å². The molecular weight excluding hydrogens is 649 g/mol. The summed E-state index contributed by atoms with van der Waals surface area (Å²) in [6, 6.07) is 66.7. The van der Waals surface area contributed by atoms with Crippen LogP contribution in [0.4, 0.5) is 17.1 Å². The molecule has 5 heteroatoms. The Bertz CT molecular complexity index is 2500. The fraction of sp³-hybridized carbons (Fsp3) is 0. The van der Waals surface area contributed by atoms with Crippen molar-refractivity contribution in [3.05, 3.63) is 205 Å². The van der Waals surface area contributed by atoms with E-state index in [9.17, 15) is 10.4 Å². The van der Waals surface area contributed by atoms with Gasteiger partial charge in [-0.3, -0.25) is 4.57 Å². The molecule has 0 atom stereocenters. The van der Waals surface area contributed by atoms with Gasteiger partial charge in [0.2, 0.25) is 0 Å². The van der Waals surface area contributed by atoms with Crippen molar-refractivity contribution in [2.75, 3.05) is 4.90 Å². The first-order valence-electron chi connectivity index (χ1n) is 17.4. The van der Waals surface area contributed by atoms with Gasteiger partial charge >= 0.3 is 0 Å². The smallest absolute Gasteiger partial charge is 0.149 e. The SMILES string of the molecule is N#C/C(=C\c1ccc(N(c2ccccc2)c2ccccc2)cc1)c1ccc(-n2c(-c3ccccc3O)nc(-c3ccccc3)c2-c2ccccc2)cc1. The number of hydrogen-bond donors (Lipinski definition) is 1. The molecule has 0 bridgehead atoms. The predicted octanol–water partition coefficient (Wildman–Crippen LogP) is 12.1. The summed E-state index contributed by atoms with van der Waals surface area (Å²) >= 11 is 0. The number of anilines is 3. The molecule has 252 valence electrons. The van der Waals surface area contributed by atoms with Gasteiger partial charge in [-0.05, 0) is 77.9 Å². The minimum Gasteiger partial charge on any atom is -0.507 e. The molecule has 0 fully saturated rings. The zero-order chi connectivity index (χ0) is 36.0. The van der Waals surface area contributed by atoms with E-state index in [1.807, 2.05) is 146 Å². The average Bonchev–Trinajstić information content (AvgIpc) is 3.63. The monoisotopic (exact) mass is 682 g/mol. The van der Waals surface area contributed by atoms with Gasteiger partial charge in [0, 0.05) is 33.9 Å². The molecule has 0 unspecified atom stereocenters. The molecule has 8 rings (SSSR count). The van der Waals surface area contributed by atoms with Crippen molar-refractivity contribution in [3.8, 4) is 51.4 Å². The number of phenols is 1. The number of phenolic OH excluding ortho intramolecular Hbond substituents is 1. The first-order chi connectivity index (χ1) is 26.2. The summed E-state index contributed by atoms with van der Waals surface area (Å²) in [5.74, 6) is 0.760. The van der Waals surface area contributed by atoms with Crippen LogP contribution in [0.1, 0.15) is 11.1 Å². The molecule has 5 nitrogen and oxygen atoms in total. The minimum absolute atomic E-state index is 0.144. The molecular formula is C48H34N4O. The third-order valence-electron chi connectivity index (χ3n) is 9.16. The number of rotatable bonds is 9. The van der Waals surface area contributed by atoms with Crippen molar-refractivity contribution < 1.29 is 5.11 Å². The maximum absolute atomic E-state index is 11.0. The maximum atomic E-state index is 11.0. The number of aromatic hydroxyl groups is 1. The minimum atomic E-state index is 0.144. The number of aromatic nitrogens is 2. The van der Waals surface area contributed by atoms with E-state index < -0.39 is 0 Å². The van der Waals surface area contributed by atoms with E-state index in [-0.39, 0.29) is 5.75 Å². The maximum Gasteiger partial charge on any atom is 0.149 e. The van der Waals surface area contributed by atoms with E-state index in [0.29, 0.717) is 17.0 Å². The van der Waals surface area contributed by atoms with Crippen LogP contribution < -0.4 is 4.90 Å². The van der Waals surface area contributed by atoms with Crippen LogP contribution in [0.3, 0.4) is 0 Å². The highest BCUT2D eigenvalue weighted by Gasteiger charge is 2.24. The van der Waals surface area contributed by atoms with Crippen molar-refractivity contribution in [1.29, 1.82) is 5.26 Å². The number of benzene rings is 7. The Kier molecular flexibility index (Phi) is 9.16. The second kappa shape index (κ2) is 14.8. The molecule has 0 aliphatic heterocycles. The summed E-state index contributed by atoms with van der Waals surface area (Å²) in [7, 11) is 0. The van der Waals surface area contributed by atoms with Gasteiger partial charge in [-0.2, -0.15) is 5.26 Å². The summed E-state index contributed by atoms with van der Waals surface area (Å²) in [5.41, 5.74) is 10.5. The molecule has 0 saturated heterocycles. The third-order valence-corrected chi connectivity index (χ3v) is 9.16. The van der Waals surface area contributed by atoms with Crippen LogP contribution in [0.2, 0.25) is 0 Å². The van der Waals surface area contributed by atoms with E-state index >= 15 is 0 Å². The van der Waals surface area contributed by atoms with Crippen molar-refractivity contribution in [1.82, 2.24) is 9.55 Å². The highest BCUT2D eigenvalue weighted by atomic mass is 16.3. The van der Waals surface area contributed by atoms with Gasteiger partial charge < -0.3 is 10.0 Å². The Labute approximate surface area is 309 Å². The topological polar surface area (TPSA) is 65.1 Å². The van der Waals surface area contributed by atoms with Crippen LogP contribution in [0, 0.1) is 11.3 Å². The van der Waals surface area contributed by atoms with E-state index in [0.717, 1.165) is 56.4 Å². The van der Waals surface area contributed by atoms with Crippen molar-refractivity contribution >= 4 is 28.7 Å². The fourth-order valence-corrected chi connectivity index (χ4v) is 6.63. The van der Waals surface area contributed by atoms with Gasteiger partial charge in [0.25, 0.3) is 0 Å². The predicted molar refractivity (Wildman–Crippen MR) is 216 cm³/mol. The van der Waals surface area contributed by atoms with Crippen molar-refractivity contribution in [2.45, 2.75) is 0 Å². The number of nitriles is 1. The Morgan fingerprint density at radius 1 is 0.566 bits per heavy atom. The van der Waals surface area contributed by atoms with Gasteiger partial charge in [0.15, 0.2) is 0 Å². The zero-order valence-electron chi connectivity index (χ0n) is 28.8. The molecule has 1 N–H and O–H groups in total. The molecule has 7 aromatic carbocycles. The molecule has 53 heavy (non-hydrogen) atoms. The average molecular weight is 683 g/mol. The number of allylic oxidation sites excluding steroid dienone is 1. The number of imidazole rings is 1. The van der Waals surface area contributed by atoms with Crippen LogP contribution in [0.15, 0.2) is 194 Å². The lowest BCUT2D eigenvalue weighted by molar-refractivity contribution is 0.477. The number of nitrogens with zero attached hydrogens (tertiary/aromatic N) is 4. The lowest BCUT2D eigenvalue weighted by Crippen LogP contribution is -2.09. The van der Waals surface area contributed by atoms with Crippen LogP contribution >= 0.6 is 0 Å². The standard InChI is InChI=1S/C48H34N4O/c49-34-39(33-35-25-29-42(30-26-35)51(40-19-9-3-10-20-40)41-21-11-4-12-22-41)36-27-31-43(32-28-36)52-47(38-17-7-2-8-18-38)46(37-15-5-1-6-16-37)50-48(52)44-23-13-14-24-45(44)53/h1-33,53H/b39-33+. The Morgan fingerprint density at radius 2 is 1.08 bits per heavy atom. The largest absolute Gasteiger partial charge is 0.507 e. The van der Waals surface area contributed by atoms with Crippen molar-refractivity contribution in [2.24, 2.45) is 0 Å². The lowest BCUT2D eigenvalue weighted by atomic mass is 10.0. The second-order valence-corrected chi connectivity index (χ2v) is 12.5. The van der Waals surface area contributed by atoms with Crippen LogP contribution in [0.25, 0.3) is 51.2 Å². The molecule has 0 aliphatic rings. The molecule has 0 radical (unpaired) electrons. The van der Waals surface area contributed by atoms with Crippen LogP contribution in [0.5, 0.6) is 5.75 Å². The normalized spacial score (nSPS) is 11.2. The van der Waals surface area contributed by atoms with Gasteiger partial charge in [-0.15, -0.1) is 0 Å². The van der Waals surface area contributed by atoms with Gasteiger partial charge in [0.05, 0.1) is 28.6 Å². The molecule has 1 aromatic heterocycles. The highest BCUT2D eigenvalue weighted by molar-refractivity contribution is 5.91. The summed E-state index contributed by atoms with van der Waals surface area (Å²) in [4.78, 5) is 7.40. The first kappa shape index (κ1) is 32.8. The molecule has 0 amide bonds. The zero-order valence-corrected chi connectivity index (χ0v) is 28.8. The number of hydrogen-bond acceptors (Lipinski definition) is 4. The van der Waals surface area contributed by atoms with Gasteiger partial charge in [-0.1, -0.05) is 133 Å². The lowest BCUT2D eigenvalue weighted by Gasteiger charge is -2.25. The molecule has 0 aliphatic carbocycles. The Balaban J connectivity index is 1.18.